The molecule has 16 heavy (non-hydrogen) atoms. The first-order chi connectivity index (χ1) is 7.57. The van der Waals surface area contributed by atoms with E-state index in [4.69, 9.17) is 0 Å². The van der Waals surface area contributed by atoms with Crippen LogP contribution in [0.25, 0.3) is 0 Å². The molecule has 0 aromatic carbocycles. The molecule has 0 atom stereocenters. The maximum Gasteiger partial charge on any atom is 0.267 e. The molecule has 1 heterocycles. The number of alkyl halides is 1. The molecule has 0 bridgehead atoms. The Labute approximate surface area is 108 Å². The molecule has 0 N–H and O–H groups in total. The van der Waals surface area contributed by atoms with Gasteiger partial charge in [0.1, 0.15) is 4.88 Å². The number of rotatable bonds is 5. The van der Waals surface area contributed by atoms with Crippen LogP contribution in [0, 0.1) is 0 Å². The number of halogens is 1. The van der Waals surface area contributed by atoms with Crippen LogP contribution in [0.1, 0.15) is 41.6 Å². The Morgan fingerprint density at radius 3 is 2.81 bits per heavy atom. The van der Waals surface area contributed by atoms with Gasteiger partial charge in [-0.25, -0.2) is 0 Å². The van der Waals surface area contributed by atoms with Crippen molar-refractivity contribution in [2.45, 2.75) is 26.2 Å². The van der Waals surface area contributed by atoms with Crippen LogP contribution in [-0.2, 0) is 0 Å². The third-order valence-corrected chi connectivity index (χ3v) is 3.52. The zero-order chi connectivity index (χ0) is 12.1. The predicted molar refractivity (Wildman–Crippen MR) is 69.4 cm³/mol. The standard InChI is InChI=1S/C10H16BrN3OS/c1-7(2)8-9(16-13-12-8)10(15)14(3)6-4-5-11/h7H,4-6H2,1-3H3. The fourth-order valence-corrected chi connectivity index (χ4v) is 2.36. The van der Waals surface area contributed by atoms with E-state index in [9.17, 15) is 4.79 Å². The monoisotopic (exact) mass is 305 g/mol. The smallest absolute Gasteiger partial charge is 0.267 e. The summed E-state index contributed by atoms with van der Waals surface area (Å²) in [6.07, 6.45) is 0.950. The largest absolute Gasteiger partial charge is 0.341 e. The van der Waals surface area contributed by atoms with Gasteiger partial charge in [-0.1, -0.05) is 34.3 Å². The summed E-state index contributed by atoms with van der Waals surface area (Å²) in [7, 11) is 1.81. The molecule has 0 fully saturated rings. The van der Waals surface area contributed by atoms with E-state index in [0.29, 0.717) is 4.88 Å². The van der Waals surface area contributed by atoms with Crippen molar-refractivity contribution in [3.8, 4) is 0 Å². The summed E-state index contributed by atoms with van der Waals surface area (Å²) in [5, 5.41) is 4.92. The molecule has 0 aliphatic rings. The molecular weight excluding hydrogens is 290 g/mol. The van der Waals surface area contributed by atoms with Crippen molar-refractivity contribution < 1.29 is 4.79 Å². The van der Waals surface area contributed by atoms with Crippen LogP contribution >= 0.6 is 27.5 Å². The molecule has 0 unspecified atom stereocenters. The molecule has 1 rings (SSSR count). The van der Waals surface area contributed by atoms with Gasteiger partial charge in [0.15, 0.2) is 0 Å². The summed E-state index contributed by atoms with van der Waals surface area (Å²) in [4.78, 5) is 14.5. The Morgan fingerprint density at radius 1 is 1.56 bits per heavy atom. The summed E-state index contributed by atoms with van der Waals surface area (Å²) in [5.41, 5.74) is 0.806. The number of hydrogen-bond donors (Lipinski definition) is 0. The minimum Gasteiger partial charge on any atom is -0.341 e. The molecule has 0 aliphatic heterocycles. The van der Waals surface area contributed by atoms with Crippen LogP contribution in [-0.4, -0.2) is 39.3 Å². The summed E-state index contributed by atoms with van der Waals surface area (Å²) in [6, 6.07) is 0. The van der Waals surface area contributed by atoms with Crippen molar-refractivity contribution in [3.63, 3.8) is 0 Å². The van der Waals surface area contributed by atoms with Gasteiger partial charge >= 0.3 is 0 Å². The highest BCUT2D eigenvalue weighted by Crippen LogP contribution is 2.20. The Bertz CT molecular complexity index is 354. The predicted octanol–water partition coefficient (Wildman–Crippen LogP) is 2.52. The molecule has 0 saturated carbocycles. The van der Waals surface area contributed by atoms with Gasteiger partial charge in [-0.2, -0.15) is 0 Å². The molecular formula is C10H16BrN3OS. The summed E-state index contributed by atoms with van der Waals surface area (Å²) in [6.45, 7) is 4.79. The Morgan fingerprint density at radius 2 is 2.25 bits per heavy atom. The van der Waals surface area contributed by atoms with Gasteiger partial charge in [0, 0.05) is 18.9 Å². The normalized spacial score (nSPS) is 10.8. The number of amides is 1. The van der Waals surface area contributed by atoms with Crippen LogP contribution < -0.4 is 0 Å². The third kappa shape index (κ3) is 3.25. The quantitative estimate of drug-likeness (QED) is 0.785. The average Bonchev–Trinajstić information content (AvgIpc) is 2.73. The van der Waals surface area contributed by atoms with Crippen LogP contribution in [0.2, 0.25) is 0 Å². The van der Waals surface area contributed by atoms with Crippen LogP contribution in [0.15, 0.2) is 0 Å². The van der Waals surface area contributed by atoms with Crippen molar-refractivity contribution >= 4 is 33.4 Å². The second-order valence-corrected chi connectivity index (χ2v) is 5.46. The molecule has 4 nitrogen and oxygen atoms in total. The highest BCUT2D eigenvalue weighted by atomic mass is 79.9. The summed E-state index contributed by atoms with van der Waals surface area (Å²) in [5.74, 6) is 0.266. The first kappa shape index (κ1) is 13.6. The number of aromatic nitrogens is 2. The van der Waals surface area contributed by atoms with Gasteiger partial charge in [-0.15, -0.1) is 5.10 Å². The first-order valence-corrected chi connectivity index (χ1v) is 7.11. The zero-order valence-corrected chi connectivity index (χ0v) is 12.1. The van der Waals surface area contributed by atoms with Crippen molar-refractivity contribution in [1.29, 1.82) is 0 Å². The Kier molecular flexibility index (Phi) is 5.34. The Balaban J connectivity index is 2.75. The van der Waals surface area contributed by atoms with Gasteiger partial charge < -0.3 is 4.90 Å². The first-order valence-electron chi connectivity index (χ1n) is 5.21. The number of nitrogens with zero attached hydrogens (tertiary/aromatic N) is 3. The van der Waals surface area contributed by atoms with E-state index in [0.717, 1.165) is 24.0 Å². The van der Waals surface area contributed by atoms with Gasteiger partial charge in [-0.3, -0.25) is 4.79 Å². The highest BCUT2D eigenvalue weighted by Gasteiger charge is 2.21. The molecule has 6 heteroatoms. The van der Waals surface area contributed by atoms with Crippen LogP contribution in [0.5, 0.6) is 0 Å². The van der Waals surface area contributed by atoms with Gasteiger partial charge in [0.2, 0.25) is 0 Å². The van der Waals surface area contributed by atoms with Crippen LogP contribution in [0.3, 0.4) is 0 Å². The van der Waals surface area contributed by atoms with E-state index in [1.165, 1.54) is 11.5 Å². The number of carbonyl (C=O) groups excluding carboxylic acids is 1. The lowest BCUT2D eigenvalue weighted by Gasteiger charge is -2.16. The van der Waals surface area contributed by atoms with E-state index >= 15 is 0 Å². The van der Waals surface area contributed by atoms with Crippen LogP contribution in [0.4, 0.5) is 0 Å². The topological polar surface area (TPSA) is 46.1 Å². The zero-order valence-electron chi connectivity index (χ0n) is 9.73. The highest BCUT2D eigenvalue weighted by molar-refractivity contribution is 9.09. The lowest BCUT2D eigenvalue weighted by molar-refractivity contribution is 0.0798. The lowest BCUT2D eigenvalue weighted by Crippen LogP contribution is -2.28. The van der Waals surface area contributed by atoms with E-state index in [2.05, 4.69) is 25.5 Å². The third-order valence-electron chi connectivity index (χ3n) is 2.23. The molecule has 1 aromatic rings. The maximum absolute atomic E-state index is 12.1. The lowest BCUT2D eigenvalue weighted by atomic mass is 10.1. The van der Waals surface area contributed by atoms with E-state index in [1.54, 1.807) is 4.90 Å². The van der Waals surface area contributed by atoms with E-state index < -0.39 is 0 Å². The number of hydrogen-bond acceptors (Lipinski definition) is 4. The second-order valence-electron chi connectivity index (χ2n) is 3.91. The molecule has 0 aliphatic carbocycles. The fourth-order valence-electron chi connectivity index (χ4n) is 1.30. The molecule has 90 valence electrons. The van der Waals surface area contributed by atoms with Crippen molar-refractivity contribution in [2.24, 2.45) is 0 Å². The Hall–Kier alpha value is -0.490. The minimum atomic E-state index is 0.0275. The number of carbonyl (C=O) groups is 1. The maximum atomic E-state index is 12.1. The van der Waals surface area contributed by atoms with E-state index in [1.807, 2.05) is 20.9 Å². The SMILES string of the molecule is CC(C)c1nnsc1C(=O)N(C)CCCBr. The van der Waals surface area contributed by atoms with E-state index in [-0.39, 0.29) is 11.8 Å². The molecule has 0 radical (unpaired) electrons. The second kappa shape index (κ2) is 6.30. The minimum absolute atomic E-state index is 0.0275. The summed E-state index contributed by atoms with van der Waals surface area (Å²) < 4.78 is 3.86. The van der Waals surface area contributed by atoms with Gasteiger partial charge in [-0.05, 0) is 23.9 Å². The van der Waals surface area contributed by atoms with Crippen molar-refractivity contribution in [1.82, 2.24) is 14.5 Å². The molecule has 0 spiro atoms. The summed E-state index contributed by atoms with van der Waals surface area (Å²) >= 11 is 4.54. The van der Waals surface area contributed by atoms with Gasteiger partial charge in [0.05, 0.1) is 5.69 Å². The van der Waals surface area contributed by atoms with Crippen molar-refractivity contribution in [3.05, 3.63) is 10.6 Å². The molecule has 0 saturated heterocycles. The molecule has 1 aromatic heterocycles. The average molecular weight is 306 g/mol. The molecule has 1 amide bonds. The fraction of sp³-hybridized carbons (Fsp3) is 0.700. The van der Waals surface area contributed by atoms with Gasteiger partial charge in [0.25, 0.3) is 5.91 Å². The van der Waals surface area contributed by atoms with Crippen molar-refractivity contribution in [2.75, 3.05) is 18.9 Å².